The van der Waals surface area contributed by atoms with E-state index in [9.17, 15) is 0 Å². The second kappa shape index (κ2) is 3.61. The van der Waals surface area contributed by atoms with Gasteiger partial charge in [0.2, 0.25) is 5.89 Å². The lowest BCUT2D eigenvalue weighted by Crippen LogP contribution is -1.84. The first kappa shape index (κ1) is 9.86. The average molecular weight is 295 g/mol. The Morgan fingerprint density at radius 3 is 3.00 bits per heavy atom. The normalized spacial score (nSPS) is 11.1. The third-order valence-corrected chi connectivity index (χ3v) is 3.53. The summed E-state index contributed by atoms with van der Waals surface area (Å²) in [6, 6.07) is 7.65. The molecule has 3 aromatic rings. The molecule has 5 heteroatoms. The summed E-state index contributed by atoms with van der Waals surface area (Å²) in [5.41, 5.74) is 7.88. The number of benzene rings is 1. The fraction of sp³-hybridized carbons (Fsp3) is 0. The zero-order valence-corrected chi connectivity index (χ0v) is 10.5. The lowest BCUT2D eigenvalue weighted by atomic mass is 10.3. The summed E-state index contributed by atoms with van der Waals surface area (Å²) < 4.78 is 6.56. The van der Waals surface area contributed by atoms with Gasteiger partial charge in [0.25, 0.3) is 0 Å². The molecule has 0 spiro atoms. The maximum absolute atomic E-state index is 5.86. The van der Waals surface area contributed by atoms with Crippen molar-refractivity contribution in [1.82, 2.24) is 4.98 Å². The molecule has 16 heavy (non-hydrogen) atoms. The van der Waals surface area contributed by atoms with Crippen molar-refractivity contribution < 1.29 is 4.42 Å². The Labute approximate surface area is 104 Å². The highest BCUT2D eigenvalue weighted by atomic mass is 79.9. The smallest absolute Gasteiger partial charge is 0.237 e. The summed E-state index contributed by atoms with van der Waals surface area (Å²) in [6.45, 7) is 0. The van der Waals surface area contributed by atoms with Crippen molar-refractivity contribution in [3.8, 4) is 10.8 Å². The Morgan fingerprint density at radius 2 is 2.25 bits per heavy atom. The molecular weight excluding hydrogens is 288 g/mol. The van der Waals surface area contributed by atoms with Crippen LogP contribution in [0.25, 0.3) is 21.9 Å². The van der Waals surface area contributed by atoms with Crippen LogP contribution in [-0.4, -0.2) is 4.98 Å². The van der Waals surface area contributed by atoms with Crippen LogP contribution >= 0.6 is 27.3 Å². The topological polar surface area (TPSA) is 52.0 Å². The van der Waals surface area contributed by atoms with E-state index >= 15 is 0 Å². The molecule has 80 valence electrons. The van der Waals surface area contributed by atoms with E-state index in [1.165, 1.54) is 0 Å². The van der Waals surface area contributed by atoms with Crippen LogP contribution in [0.15, 0.2) is 38.5 Å². The first-order valence-corrected chi connectivity index (χ1v) is 6.31. The van der Waals surface area contributed by atoms with Gasteiger partial charge in [-0.2, -0.15) is 0 Å². The van der Waals surface area contributed by atoms with E-state index < -0.39 is 0 Å². The van der Waals surface area contributed by atoms with Crippen molar-refractivity contribution in [2.24, 2.45) is 0 Å². The Hall–Kier alpha value is -1.33. The maximum atomic E-state index is 5.86. The minimum Gasteiger partial charge on any atom is -0.433 e. The highest BCUT2D eigenvalue weighted by Crippen LogP contribution is 2.32. The largest absolute Gasteiger partial charge is 0.433 e. The van der Waals surface area contributed by atoms with Gasteiger partial charge in [-0.05, 0) is 23.6 Å². The standard InChI is InChI=1S/C11H7BrN2OS/c12-6-4-7(13)10-8(5-6)14-11(15-10)9-2-1-3-16-9/h1-5H,13H2. The molecule has 0 aliphatic carbocycles. The van der Waals surface area contributed by atoms with E-state index in [0.717, 1.165) is 14.9 Å². The van der Waals surface area contributed by atoms with E-state index in [-0.39, 0.29) is 0 Å². The van der Waals surface area contributed by atoms with Crippen LogP contribution in [0.2, 0.25) is 0 Å². The maximum Gasteiger partial charge on any atom is 0.237 e. The van der Waals surface area contributed by atoms with Gasteiger partial charge < -0.3 is 10.2 Å². The fourth-order valence-corrected chi connectivity index (χ4v) is 2.64. The summed E-state index contributed by atoms with van der Waals surface area (Å²) in [4.78, 5) is 5.42. The predicted molar refractivity (Wildman–Crippen MR) is 69.4 cm³/mol. The number of fused-ring (bicyclic) bond motifs is 1. The lowest BCUT2D eigenvalue weighted by Gasteiger charge is -1.93. The number of thiophene rings is 1. The van der Waals surface area contributed by atoms with Gasteiger partial charge >= 0.3 is 0 Å². The lowest BCUT2D eigenvalue weighted by molar-refractivity contribution is 0.623. The van der Waals surface area contributed by atoms with Crippen molar-refractivity contribution in [2.75, 3.05) is 5.73 Å². The van der Waals surface area contributed by atoms with Crippen molar-refractivity contribution in [1.29, 1.82) is 0 Å². The number of aromatic nitrogens is 1. The number of hydrogen-bond acceptors (Lipinski definition) is 4. The second-order valence-electron chi connectivity index (χ2n) is 3.34. The summed E-state index contributed by atoms with van der Waals surface area (Å²) in [5.74, 6) is 0.620. The highest BCUT2D eigenvalue weighted by molar-refractivity contribution is 9.10. The Morgan fingerprint density at radius 1 is 1.38 bits per heavy atom. The van der Waals surface area contributed by atoms with Crippen molar-refractivity contribution in [3.05, 3.63) is 34.1 Å². The SMILES string of the molecule is Nc1cc(Br)cc2nc(-c3cccs3)oc12. The summed E-state index contributed by atoms with van der Waals surface area (Å²) in [6.07, 6.45) is 0. The van der Waals surface area contributed by atoms with E-state index in [2.05, 4.69) is 20.9 Å². The Kier molecular flexibility index (Phi) is 2.22. The van der Waals surface area contributed by atoms with Crippen LogP contribution in [0.5, 0.6) is 0 Å². The van der Waals surface area contributed by atoms with Crippen LogP contribution in [-0.2, 0) is 0 Å². The number of halogens is 1. The third-order valence-electron chi connectivity index (χ3n) is 2.22. The number of anilines is 1. The Bertz CT molecular complexity index is 645. The third kappa shape index (κ3) is 1.52. The molecular formula is C11H7BrN2OS. The van der Waals surface area contributed by atoms with Gasteiger partial charge in [-0.3, -0.25) is 0 Å². The molecule has 2 heterocycles. The number of oxazole rings is 1. The summed E-state index contributed by atoms with van der Waals surface area (Å²) in [7, 11) is 0. The molecule has 0 bridgehead atoms. The molecule has 2 aromatic heterocycles. The number of nitrogen functional groups attached to an aromatic ring is 1. The monoisotopic (exact) mass is 294 g/mol. The second-order valence-corrected chi connectivity index (χ2v) is 5.20. The molecule has 0 aliphatic heterocycles. The van der Waals surface area contributed by atoms with Crippen LogP contribution < -0.4 is 5.73 Å². The van der Waals surface area contributed by atoms with Gasteiger partial charge in [-0.15, -0.1) is 11.3 Å². The van der Waals surface area contributed by atoms with E-state index in [1.807, 2.05) is 29.6 Å². The molecule has 3 rings (SSSR count). The molecule has 0 atom stereocenters. The molecule has 0 saturated heterocycles. The fourth-order valence-electron chi connectivity index (χ4n) is 1.53. The molecule has 0 unspecified atom stereocenters. The molecule has 0 radical (unpaired) electrons. The van der Waals surface area contributed by atoms with Gasteiger partial charge in [0.05, 0.1) is 10.6 Å². The van der Waals surface area contributed by atoms with Crippen molar-refractivity contribution >= 4 is 44.1 Å². The van der Waals surface area contributed by atoms with E-state index in [0.29, 0.717) is 17.2 Å². The summed E-state index contributed by atoms with van der Waals surface area (Å²) >= 11 is 4.97. The van der Waals surface area contributed by atoms with Crippen LogP contribution in [0.4, 0.5) is 5.69 Å². The molecule has 1 aromatic carbocycles. The van der Waals surface area contributed by atoms with Gasteiger partial charge in [0.1, 0.15) is 5.52 Å². The van der Waals surface area contributed by atoms with Crippen molar-refractivity contribution in [2.45, 2.75) is 0 Å². The van der Waals surface area contributed by atoms with Crippen LogP contribution in [0.3, 0.4) is 0 Å². The zero-order valence-electron chi connectivity index (χ0n) is 8.11. The highest BCUT2D eigenvalue weighted by Gasteiger charge is 2.11. The molecule has 2 N–H and O–H groups in total. The molecule has 0 saturated carbocycles. The first-order chi connectivity index (χ1) is 7.74. The van der Waals surface area contributed by atoms with E-state index in [1.54, 1.807) is 11.3 Å². The minimum atomic E-state index is 0.597. The van der Waals surface area contributed by atoms with E-state index in [4.69, 9.17) is 10.2 Å². The van der Waals surface area contributed by atoms with Gasteiger partial charge in [0.15, 0.2) is 5.58 Å². The predicted octanol–water partition coefficient (Wildman–Crippen LogP) is 3.90. The number of hydrogen-bond donors (Lipinski definition) is 1. The number of nitrogens with two attached hydrogens (primary N) is 1. The molecule has 3 nitrogen and oxygen atoms in total. The Balaban J connectivity index is 2.27. The average Bonchev–Trinajstić information content (AvgIpc) is 2.82. The van der Waals surface area contributed by atoms with Crippen LogP contribution in [0, 0.1) is 0 Å². The first-order valence-electron chi connectivity index (χ1n) is 4.63. The molecule has 0 fully saturated rings. The van der Waals surface area contributed by atoms with Crippen molar-refractivity contribution in [3.63, 3.8) is 0 Å². The minimum absolute atomic E-state index is 0.597. The summed E-state index contributed by atoms with van der Waals surface area (Å²) in [5, 5.41) is 1.99. The van der Waals surface area contributed by atoms with Crippen LogP contribution in [0.1, 0.15) is 0 Å². The van der Waals surface area contributed by atoms with Gasteiger partial charge in [-0.25, -0.2) is 4.98 Å². The quantitative estimate of drug-likeness (QED) is 0.693. The zero-order chi connectivity index (χ0) is 11.1. The van der Waals surface area contributed by atoms with Gasteiger partial charge in [0, 0.05) is 4.47 Å². The number of rotatable bonds is 1. The number of nitrogens with zero attached hydrogens (tertiary/aromatic N) is 1. The van der Waals surface area contributed by atoms with Gasteiger partial charge in [-0.1, -0.05) is 22.0 Å². The molecule has 0 aliphatic rings. The molecule has 0 amide bonds.